The number of anilines is 2. The monoisotopic (exact) mass is 275 g/mol. The van der Waals surface area contributed by atoms with Crippen LogP contribution in [0.3, 0.4) is 0 Å². The van der Waals surface area contributed by atoms with Gasteiger partial charge in [-0.3, -0.25) is 0 Å². The summed E-state index contributed by atoms with van der Waals surface area (Å²) in [6.07, 6.45) is -2.70. The number of nitrogens with two attached hydrogens (primary N) is 1. The third-order valence-corrected chi connectivity index (χ3v) is 3.22. The van der Waals surface area contributed by atoms with Crippen molar-refractivity contribution in [1.29, 1.82) is 0 Å². The van der Waals surface area contributed by atoms with E-state index < -0.39 is 12.0 Å². The second kappa shape index (κ2) is 5.20. The molecule has 19 heavy (non-hydrogen) atoms. The average molecular weight is 275 g/mol. The fourth-order valence-electron chi connectivity index (χ4n) is 2.03. The number of hydrogen-bond acceptors (Lipinski definition) is 5. The first-order valence-electron chi connectivity index (χ1n) is 6.08. The van der Waals surface area contributed by atoms with Gasteiger partial charge in [-0.25, -0.2) is 15.8 Å². The maximum absolute atomic E-state index is 12.7. The van der Waals surface area contributed by atoms with E-state index >= 15 is 0 Å². The second-order valence-electron chi connectivity index (χ2n) is 4.75. The zero-order valence-electron chi connectivity index (χ0n) is 10.5. The van der Waals surface area contributed by atoms with Crippen LogP contribution in [0.1, 0.15) is 25.6 Å². The number of alkyl halides is 3. The molecule has 0 aliphatic carbocycles. The number of hydrogen-bond donors (Lipinski definition) is 2. The Morgan fingerprint density at radius 1 is 1.32 bits per heavy atom. The molecule has 1 aliphatic rings. The van der Waals surface area contributed by atoms with Crippen molar-refractivity contribution in [1.82, 2.24) is 9.97 Å². The van der Waals surface area contributed by atoms with E-state index in [-0.39, 0.29) is 11.6 Å². The number of hydrazine groups is 1. The molecule has 1 fully saturated rings. The highest BCUT2D eigenvalue weighted by Gasteiger charge is 2.36. The number of aromatic nitrogens is 2. The third-order valence-electron chi connectivity index (χ3n) is 3.22. The highest BCUT2D eigenvalue weighted by atomic mass is 19.4. The van der Waals surface area contributed by atoms with Gasteiger partial charge < -0.3 is 10.3 Å². The Hall–Kier alpha value is -1.57. The van der Waals surface area contributed by atoms with Crippen molar-refractivity contribution in [3.05, 3.63) is 11.9 Å². The number of nitrogens with one attached hydrogen (secondary N) is 1. The summed E-state index contributed by atoms with van der Waals surface area (Å²) in [6, 6.07) is 1.44. The van der Waals surface area contributed by atoms with Crippen LogP contribution in [0.15, 0.2) is 6.07 Å². The molecule has 0 spiro atoms. The van der Waals surface area contributed by atoms with E-state index in [0.717, 1.165) is 12.8 Å². The molecule has 0 amide bonds. The zero-order valence-corrected chi connectivity index (χ0v) is 10.5. The molecule has 106 valence electrons. The lowest BCUT2D eigenvalue weighted by Gasteiger charge is -2.31. The molecule has 2 heterocycles. The van der Waals surface area contributed by atoms with Crippen molar-refractivity contribution in [3.63, 3.8) is 0 Å². The quantitative estimate of drug-likeness (QED) is 0.638. The van der Waals surface area contributed by atoms with E-state index in [1.165, 1.54) is 6.07 Å². The van der Waals surface area contributed by atoms with E-state index in [2.05, 4.69) is 22.3 Å². The second-order valence-corrected chi connectivity index (χ2v) is 4.75. The van der Waals surface area contributed by atoms with E-state index in [9.17, 15) is 13.2 Å². The maximum Gasteiger partial charge on any atom is 0.451 e. The van der Waals surface area contributed by atoms with Gasteiger partial charge >= 0.3 is 6.18 Å². The summed E-state index contributed by atoms with van der Waals surface area (Å²) < 4.78 is 38.1. The van der Waals surface area contributed by atoms with Crippen LogP contribution < -0.4 is 16.2 Å². The van der Waals surface area contributed by atoms with E-state index in [0.29, 0.717) is 19.0 Å². The smallest absolute Gasteiger partial charge is 0.356 e. The minimum absolute atomic E-state index is 0.0315. The van der Waals surface area contributed by atoms with Crippen LogP contribution >= 0.6 is 0 Å². The van der Waals surface area contributed by atoms with Crippen molar-refractivity contribution in [2.75, 3.05) is 23.4 Å². The molecule has 0 saturated carbocycles. The molecule has 1 aromatic heterocycles. The number of halogens is 3. The minimum atomic E-state index is -4.58. The van der Waals surface area contributed by atoms with Gasteiger partial charge in [0.05, 0.1) is 0 Å². The molecule has 8 heteroatoms. The Labute approximate surface area is 109 Å². The largest absolute Gasteiger partial charge is 0.451 e. The van der Waals surface area contributed by atoms with Gasteiger partial charge in [0.15, 0.2) is 0 Å². The van der Waals surface area contributed by atoms with E-state index in [1.54, 1.807) is 0 Å². The lowest BCUT2D eigenvalue weighted by atomic mass is 9.99. The molecule has 1 aromatic rings. The summed E-state index contributed by atoms with van der Waals surface area (Å²) in [5, 5.41) is 0. The van der Waals surface area contributed by atoms with Gasteiger partial charge in [0.25, 0.3) is 0 Å². The Bertz CT molecular complexity index is 440. The molecule has 0 unspecified atom stereocenters. The standard InChI is InChI=1S/C11H16F3N5/c1-7-2-4-19(5-3-7)9-6-8(18-15)16-10(17-9)11(12,13)14/h6-7H,2-5,15H2,1H3,(H,16,17,18). The van der Waals surface area contributed by atoms with Gasteiger partial charge in [-0.05, 0) is 18.8 Å². The van der Waals surface area contributed by atoms with Gasteiger partial charge in [-0.2, -0.15) is 13.2 Å². The Morgan fingerprint density at radius 2 is 1.95 bits per heavy atom. The normalized spacial score (nSPS) is 17.6. The lowest BCUT2D eigenvalue weighted by Crippen LogP contribution is -2.34. The molecule has 0 aromatic carbocycles. The number of nitrogen functional groups attached to an aromatic ring is 1. The van der Waals surface area contributed by atoms with Gasteiger partial charge in [-0.15, -0.1) is 0 Å². The van der Waals surface area contributed by atoms with Crippen molar-refractivity contribution < 1.29 is 13.2 Å². The highest BCUT2D eigenvalue weighted by molar-refractivity contribution is 5.49. The summed E-state index contributed by atoms with van der Waals surface area (Å²) in [4.78, 5) is 8.76. The van der Waals surface area contributed by atoms with Crippen LogP contribution in [0, 0.1) is 5.92 Å². The van der Waals surface area contributed by atoms with Gasteiger partial charge in [0.1, 0.15) is 11.6 Å². The van der Waals surface area contributed by atoms with E-state index in [4.69, 9.17) is 5.84 Å². The summed E-state index contributed by atoms with van der Waals surface area (Å²) in [7, 11) is 0. The fraction of sp³-hybridized carbons (Fsp3) is 0.636. The summed E-state index contributed by atoms with van der Waals surface area (Å²) in [5.74, 6) is 4.81. The molecule has 5 nitrogen and oxygen atoms in total. The first-order chi connectivity index (χ1) is 8.90. The average Bonchev–Trinajstić information content (AvgIpc) is 2.38. The summed E-state index contributed by atoms with van der Waals surface area (Å²) in [6.45, 7) is 3.52. The molecule has 0 bridgehead atoms. The summed E-state index contributed by atoms with van der Waals surface area (Å²) in [5.41, 5.74) is 2.15. The maximum atomic E-state index is 12.7. The number of piperidine rings is 1. The van der Waals surface area contributed by atoms with Gasteiger partial charge in [0, 0.05) is 19.2 Å². The number of rotatable bonds is 2. The third kappa shape index (κ3) is 3.25. The first-order valence-corrected chi connectivity index (χ1v) is 6.08. The first kappa shape index (κ1) is 13.9. The molecular weight excluding hydrogens is 259 g/mol. The Morgan fingerprint density at radius 3 is 2.47 bits per heavy atom. The topological polar surface area (TPSA) is 67.1 Å². The lowest BCUT2D eigenvalue weighted by molar-refractivity contribution is -0.144. The Kier molecular flexibility index (Phi) is 3.79. The van der Waals surface area contributed by atoms with Crippen molar-refractivity contribution in [3.8, 4) is 0 Å². The zero-order chi connectivity index (χ0) is 14.0. The molecule has 1 aliphatic heterocycles. The molecule has 1 saturated heterocycles. The molecule has 2 rings (SSSR count). The molecule has 0 radical (unpaired) electrons. The van der Waals surface area contributed by atoms with Crippen LogP contribution in [0.5, 0.6) is 0 Å². The summed E-state index contributed by atoms with van der Waals surface area (Å²) >= 11 is 0. The van der Waals surface area contributed by atoms with Crippen molar-refractivity contribution >= 4 is 11.6 Å². The van der Waals surface area contributed by atoms with Crippen LogP contribution in [-0.2, 0) is 6.18 Å². The minimum Gasteiger partial charge on any atom is -0.356 e. The van der Waals surface area contributed by atoms with E-state index in [1.807, 2.05) is 4.90 Å². The SMILES string of the molecule is CC1CCN(c2cc(NN)nc(C(F)(F)F)n2)CC1. The van der Waals surface area contributed by atoms with Crippen LogP contribution in [0.25, 0.3) is 0 Å². The van der Waals surface area contributed by atoms with Crippen LogP contribution in [0.4, 0.5) is 24.8 Å². The predicted octanol–water partition coefficient (Wildman–Crippen LogP) is 2.02. The van der Waals surface area contributed by atoms with Gasteiger partial charge in [0.2, 0.25) is 5.82 Å². The Balaban J connectivity index is 2.29. The fourth-order valence-corrected chi connectivity index (χ4v) is 2.03. The molecule has 3 N–H and O–H groups in total. The molecular formula is C11H16F3N5. The van der Waals surface area contributed by atoms with Crippen LogP contribution in [0.2, 0.25) is 0 Å². The van der Waals surface area contributed by atoms with Crippen molar-refractivity contribution in [2.45, 2.75) is 25.9 Å². The van der Waals surface area contributed by atoms with Crippen molar-refractivity contribution in [2.24, 2.45) is 11.8 Å². The predicted molar refractivity (Wildman–Crippen MR) is 65.5 cm³/mol. The van der Waals surface area contributed by atoms with Crippen LogP contribution in [-0.4, -0.2) is 23.1 Å². The van der Waals surface area contributed by atoms with Gasteiger partial charge in [-0.1, -0.05) is 6.92 Å². The number of nitrogens with zero attached hydrogens (tertiary/aromatic N) is 3. The highest BCUT2D eigenvalue weighted by Crippen LogP contribution is 2.30. The molecule has 0 atom stereocenters.